The van der Waals surface area contributed by atoms with E-state index in [9.17, 15) is 0 Å². The van der Waals surface area contributed by atoms with Crippen LogP contribution in [0.4, 0.5) is 0 Å². The molecule has 1 nitrogen and oxygen atoms in total. The smallest absolute Gasteiger partial charge is 0.0684 e. The minimum absolute atomic E-state index is 0.135. The number of hydrogen-bond acceptors (Lipinski definition) is 2. The minimum atomic E-state index is -0.135. The van der Waals surface area contributed by atoms with Crippen molar-refractivity contribution in [2.75, 3.05) is 11.5 Å². The van der Waals surface area contributed by atoms with Gasteiger partial charge in [-0.3, -0.25) is 0 Å². The van der Waals surface area contributed by atoms with E-state index in [4.69, 9.17) is 5.26 Å². The first-order valence-corrected chi connectivity index (χ1v) is 5.62. The molecular weight excluding hydrogens is 166 g/mol. The van der Waals surface area contributed by atoms with Crippen molar-refractivity contribution in [3.8, 4) is 6.07 Å². The van der Waals surface area contributed by atoms with Crippen LogP contribution in [0.2, 0.25) is 0 Å². The highest BCUT2D eigenvalue weighted by Crippen LogP contribution is 2.22. The van der Waals surface area contributed by atoms with E-state index in [1.165, 1.54) is 5.75 Å². The van der Waals surface area contributed by atoms with Gasteiger partial charge in [-0.2, -0.15) is 17.0 Å². The highest BCUT2D eigenvalue weighted by atomic mass is 32.2. The maximum absolute atomic E-state index is 8.74. The Morgan fingerprint density at radius 2 is 2.00 bits per heavy atom. The zero-order chi connectivity index (χ0) is 9.61. The lowest BCUT2D eigenvalue weighted by atomic mass is 9.93. The molecule has 0 aromatic heterocycles. The molecule has 0 atom stereocenters. The third-order valence-corrected chi connectivity index (χ3v) is 3.02. The van der Waals surface area contributed by atoms with Crippen molar-refractivity contribution >= 4 is 11.8 Å². The molecule has 0 aromatic carbocycles. The third-order valence-electron chi connectivity index (χ3n) is 1.63. The van der Waals surface area contributed by atoms with E-state index >= 15 is 0 Å². The molecule has 0 saturated carbocycles. The molecule has 0 heterocycles. The molecule has 0 fully saturated rings. The minimum Gasteiger partial charge on any atom is -0.198 e. The Balaban J connectivity index is 3.39. The van der Waals surface area contributed by atoms with Gasteiger partial charge in [-0.1, -0.05) is 13.8 Å². The highest BCUT2D eigenvalue weighted by Gasteiger charge is 2.15. The quantitative estimate of drug-likeness (QED) is 0.613. The number of nitrogens with zero attached hydrogens (tertiary/aromatic N) is 1. The van der Waals surface area contributed by atoms with E-state index in [1.54, 1.807) is 0 Å². The molecule has 0 aliphatic carbocycles. The van der Waals surface area contributed by atoms with Crippen LogP contribution in [0.25, 0.3) is 0 Å². The second kappa shape index (κ2) is 5.48. The fraction of sp³-hybridized carbons (Fsp3) is 0.900. The van der Waals surface area contributed by atoms with Crippen LogP contribution >= 0.6 is 11.8 Å². The number of rotatable bonds is 5. The molecule has 0 radical (unpaired) electrons. The zero-order valence-corrected chi connectivity index (χ0v) is 9.37. The van der Waals surface area contributed by atoms with Gasteiger partial charge in [0.2, 0.25) is 0 Å². The Morgan fingerprint density at radius 3 is 2.42 bits per heavy atom. The van der Waals surface area contributed by atoms with Crippen LogP contribution in [0.3, 0.4) is 0 Å². The monoisotopic (exact) mass is 185 g/mol. The lowest BCUT2D eigenvalue weighted by Gasteiger charge is -2.14. The van der Waals surface area contributed by atoms with Crippen LogP contribution in [-0.2, 0) is 0 Å². The normalized spacial score (nSPS) is 11.7. The van der Waals surface area contributed by atoms with E-state index in [-0.39, 0.29) is 5.41 Å². The Bertz CT molecular complexity index is 156. The van der Waals surface area contributed by atoms with Crippen LogP contribution in [0.1, 0.15) is 34.1 Å². The summed E-state index contributed by atoms with van der Waals surface area (Å²) in [6.07, 6.45) is 1.00. The molecule has 0 bridgehead atoms. The van der Waals surface area contributed by atoms with Crippen LogP contribution in [-0.4, -0.2) is 11.5 Å². The van der Waals surface area contributed by atoms with Crippen LogP contribution in [0.5, 0.6) is 0 Å². The van der Waals surface area contributed by atoms with E-state index in [2.05, 4.69) is 19.9 Å². The van der Waals surface area contributed by atoms with Crippen molar-refractivity contribution in [3.63, 3.8) is 0 Å². The lowest BCUT2D eigenvalue weighted by Crippen LogP contribution is -2.09. The summed E-state index contributed by atoms with van der Waals surface area (Å²) in [6, 6.07) is 2.32. The summed E-state index contributed by atoms with van der Waals surface area (Å²) in [5.74, 6) is 3.08. The Kier molecular flexibility index (Phi) is 5.41. The first-order chi connectivity index (χ1) is 5.48. The van der Waals surface area contributed by atoms with Gasteiger partial charge in [0.15, 0.2) is 0 Å². The van der Waals surface area contributed by atoms with Gasteiger partial charge in [0, 0.05) is 0 Å². The van der Waals surface area contributed by atoms with Crippen molar-refractivity contribution in [2.45, 2.75) is 34.1 Å². The molecule has 2 heteroatoms. The standard InChI is InChI=1S/C10H19NS/c1-9(2)7-12-6-5-10(3,4)8-11/h9H,5-7H2,1-4H3. The summed E-state index contributed by atoms with van der Waals surface area (Å²) in [4.78, 5) is 0. The maximum atomic E-state index is 8.74. The summed E-state index contributed by atoms with van der Waals surface area (Å²) in [5, 5.41) is 8.74. The van der Waals surface area contributed by atoms with Crippen LogP contribution < -0.4 is 0 Å². The molecule has 70 valence electrons. The van der Waals surface area contributed by atoms with E-state index in [0.29, 0.717) is 0 Å². The predicted molar refractivity (Wildman–Crippen MR) is 56.2 cm³/mol. The number of thioether (sulfide) groups is 1. The molecule has 0 saturated heterocycles. The molecule has 0 rings (SSSR count). The van der Waals surface area contributed by atoms with Gasteiger partial charge < -0.3 is 0 Å². The van der Waals surface area contributed by atoms with Crippen molar-refractivity contribution in [3.05, 3.63) is 0 Å². The summed E-state index contributed by atoms with van der Waals surface area (Å²) in [5.41, 5.74) is -0.135. The first kappa shape index (κ1) is 11.8. The van der Waals surface area contributed by atoms with Crippen LogP contribution in [0, 0.1) is 22.7 Å². The van der Waals surface area contributed by atoms with Gasteiger partial charge in [-0.25, -0.2) is 0 Å². The highest BCUT2D eigenvalue weighted by molar-refractivity contribution is 7.99. The van der Waals surface area contributed by atoms with Crippen molar-refractivity contribution in [1.82, 2.24) is 0 Å². The Hall–Kier alpha value is -0.160. The molecule has 0 amide bonds. The summed E-state index contributed by atoms with van der Waals surface area (Å²) in [7, 11) is 0. The molecule has 0 N–H and O–H groups in total. The number of hydrogen-bond donors (Lipinski definition) is 0. The van der Waals surface area contributed by atoms with Crippen LogP contribution in [0.15, 0.2) is 0 Å². The molecule has 0 aliphatic rings. The molecule has 0 unspecified atom stereocenters. The summed E-state index contributed by atoms with van der Waals surface area (Å²) >= 11 is 1.95. The topological polar surface area (TPSA) is 23.8 Å². The second-order valence-electron chi connectivity index (χ2n) is 4.21. The van der Waals surface area contributed by atoms with Crippen molar-refractivity contribution < 1.29 is 0 Å². The predicted octanol–water partition coefficient (Wildman–Crippen LogP) is 3.32. The van der Waals surface area contributed by atoms with Gasteiger partial charge in [-0.15, -0.1) is 0 Å². The fourth-order valence-electron chi connectivity index (χ4n) is 0.702. The molecule has 0 aliphatic heterocycles. The summed E-state index contributed by atoms with van der Waals surface area (Å²) < 4.78 is 0. The van der Waals surface area contributed by atoms with E-state index in [0.717, 1.165) is 18.1 Å². The third kappa shape index (κ3) is 6.54. The lowest BCUT2D eigenvalue weighted by molar-refractivity contribution is 0.482. The SMILES string of the molecule is CC(C)CSCCC(C)(C)C#N. The molecule has 0 spiro atoms. The average Bonchev–Trinajstić information content (AvgIpc) is 1.98. The van der Waals surface area contributed by atoms with Gasteiger partial charge in [0.25, 0.3) is 0 Å². The fourth-order valence-corrected chi connectivity index (χ4v) is 1.99. The van der Waals surface area contributed by atoms with Gasteiger partial charge in [-0.05, 0) is 37.7 Å². The molecule has 0 aromatic rings. The van der Waals surface area contributed by atoms with Crippen molar-refractivity contribution in [1.29, 1.82) is 5.26 Å². The Morgan fingerprint density at radius 1 is 1.42 bits per heavy atom. The first-order valence-electron chi connectivity index (χ1n) is 4.47. The van der Waals surface area contributed by atoms with Gasteiger partial charge in [0.05, 0.1) is 11.5 Å². The molecule has 12 heavy (non-hydrogen) atoms. The summed E-state index contributed by atoms with van der Waals surface area (Å²) in [6.45, 7) is 8.46. The largest absolute Gasteiger partial charge is 0.198 e. The second-order valence-corrected chi connectivity index (χ2v) is 5.36. The zero-order valence-electron chi connectivity index (χ0n) is 8.55. The Labute approximate surface area is 80.5 Å². The maximum Gasteiger partial charge on any atom is 0.0684 e. The average molecular weight is 185 g/mol. The van der Waals surface area contributed by atoms with Gasteiger partial charge in [0.1, 0.15) is 0 Å². The van der Waals surface area contributed by atoms with Crippen molar-refractivity contribution in [2.24, 2.45) is 11.3 Å². The van der Waals surface area contributed by atoms with Gasteiger partial charge >= 0.3 is 0 Å². The van der Waals surface area contributed by atoms with E-state index < -0.39 is 0 Å². The molecular formula is C10H19NS. The number of nitriles is 1. The van der Waals surface area contributed by atoms with E-state index in [1.807, 2.05) is 25.6 Å².